The first-order valence-electron chi connectivity index (χ1n) is 8.13. The third-order valence-corrected chi connectivity index (χ3v) is 2.96. The molecule has 0 aliphatic carbocycles. The van der Waals surface area contributed by atoms with Gasteiger partial charge >= 0.3 is 5.97 Å². The van der Waals surface area contributed by atoms with Crippen LogP contribution in [0.5, 0.6) is 0 Å². The van der Waals surface area contributed by atoms with Crippen molar-refractivity contribution < 1.29 is 14.3 Å². The fraction of sp³-hybridized carbons (Fsp3) is 0.812. The summed E-state index contributed by atoms with van der Waals surface area (Å²) >= 11 is 0. The van der Waals surface area contributed by atoms with Gasteiger partial charge in [0.2, 0.25) is 5.91 Å². The molecule has 0 rings (SSSR count). The summed E-state index contributed by atoms with van der Waals surface area (Å²) in [5.74, 6) is 0.149. The quantitative estimate of drug-likeness (QED) is 0.273. The maximum atomic E-state index is 12.2. The second-order valence-electron chi connectivity index (χ2n) is 6.18. The van der Waals surface area contributed by atoms with Crippen molar-refractivity contribution in [1.82, 2.24) is 15.1 Å². The molecule has 0 fully saturated rings. The molecule has 0 unspecified atom stereocenters. The summed E-state index contributed by atoms with van der Waals surface area (Å²) in [4.78, 5) is 31.6. The molecule has 0 saturated carbocycles. The summed E-state index contributed by atoms with van der Waals surface area (Å²) in [6.07, 6.45) is 0. The second-order valence-corrected chi connectivity index (χ2v) is 6.18. The topological polar surface area (TPSA) is 74.2 Å². The molecule has 0 spiro atoms. The summed E-state index contributed by atoms with van der Waals surface area (Å²) in [6, 6.07) is 0. The Kier molecular flexibility index (Phi) is 12.9. The average molecular weight is 456 g/mol. The van der Waals surface area contributed by atoms with Crippen LogP contribution in [-0.4, -0.2) is 73.0 Å². The molecule has 0 aromatic heterocycles. The minimum absolute atomic E-state index is 0. The standard InChI is InChI=1S/C16H32N4O3.HI/c1-8-17-15(18-11-14(22)23-16(4,5)6)19(7)12-13(21)20(9-2)10-3;/h8-12H2,1-7H3,(H,17,18);1H. The summed E-state index contributed by atoms with van der Waals surface area (Å²) in [7, 11) is 1.78. The van der Waals surface area contributed by atoms with Crippen LogP contribution in [0.25, 0.3) is 0 Å². The Morgan fingerprint density at radius 3 is 2.08 bits per heavy atom. The SMILES string of the molecule is CCNC(=NCC(=O)OC(C)(C)C)N(C)CC(=O)N(CC)CC.I. The van der Waals surface area contributed by atoms with Crippen LogP contribution in [0.2, 0.25) is 0 Å². The number of likely N-dealkylation sites (N-methyl/N-ethyl adjacent to an activating group) is 2. The molecule has 1 N–H and O–H groups in total. The van der Waals surface area contributed by atoms with Crippen LogP contribution >= 0.6 is 24.0 Å². The smallest absolute Gasteiger partial charge is 0.328 e. The number of carbonyl (C=O) groups excluding carboxylic acids is 2. The Balaban J connectivity index is 0. The number of hydrogen-bond donors (Lipinski definition) is 1. The van der Waals surface area contributed by atoms with E-state index < -0.39 is 11.6 Å². The highest BCUT2D eigenvalue weighted by Gasteiger charge is 2.18. The van der Waals surface area contributed by atoms with E-state index in [0.717, 1.165) is 0 Å². The van der Waals surface area contributed by atoms with E-state index in [-0.39, 0.29) is 43.0 Å². The highest BCUT2D eigenvalue weighted by molar-refractivity contribution is 14.0. The van der Waals surface area contributed by atoms with E-state index in [1.54, 1.807) is 16.8 Å². The first kappa shape index (κ1) is 25.2. The van der Waals surface area contributed by atoms with Crippen LogP contribution < -0.4 is 5.32 Å². The molecule has 8 heteroatoms. The predicted molar refractivity (Wildman–Crippen MR) is 108 cm³/mol. The second kappa shape index (κ2) is 12.3. The molecule has 0 aromatic carbocycles. The maximum Gasteiger partial charge on any atom is 0.328 e. The monoisotopic (exact) mass is 456 g/mol. The van der Waals surface area contributed by atoms with E-state index in [2.05, 4.69) is 10.3 Å². The lowest BCUT2D eigenvalue weighted by molar-refractivity contribution is -0.152. The Bertz CT molecular complexity index is 418. The van der Waals surface area contributed by atoms with Crippen LogP contribution in [0.1, 0.15) is 41.5 Å². The van der Waals surface area contributed by atoms with Gasteiger partial charge in [-0.1, -0.05) is 0 Å². The number of nitrogens with one attached hydrogen (secondary N) is 1. The van der Waals surface area contributed by atoms with E-state index >= 15 is 0 Å². The van der Waals surface area contributed by atoms with Gasteiger partial charge in [-0.15, -0.1) is 24.0 Å². The van der Waals surface area contributed by atoms with Crippen molar-refractivity contribution in [1.29, 1.82) is 0 Å². The number of esters is 1. The molecule has 0 bridgehead atoms. The fourth-order valence-electron chi connectivity index (χ4n) is 1.94. The third kappa shape index (κ3) is 10.7. The number of nitrogens with zero attached hydrogens (tertiary/aromatic N) is 3. The molecule has 7 nitrogen and oxygen atoms in total. The largest absolute Gasteiger partial charge is 0.459 e. The lowest BCUT2D eigenvalue weighted by atomic mass is 10.2. The van der Waals surface area contributed by atoms with Crippen molar-refractivity contribution in [3.63, 3.8) is 0 Å². The van der Waals surface area contributed by atoms with Crippen LogP contribution in [0, 0.1) is 0 Å². The number of rotatable bonds is 7. The summed E-state index contributed by atoms with van der Waals surface area (Å²) in [6.45, 7) is 13.4. The molecule has 0 aliphatic rings. The van der Waals surface area contributed by atoms with Gasteiger partial charge in [-0.25, -0.2) is 4.99 Å². The number of halogens is 1. The molecule has 24 heavy (non-hydrogen) atoms. The van der Waals surface area contributed by atoms with Gasteiger partial charge in [-0.05, 0) is 41.5 Å². The van der Waals surface area contributed by atoms with E-state index in [1.807, 2.05) is 41.5 Å². The van der Waals surface area contributed by atoms with Crippen molar-refractivity contribution in [2.45, 2.75) is 47.1 Å². The molecule has 0 atom stereocenters. The summed E-state index contributed by atoms with van der Waals surface area (Å²) < 4.78 is 5.23. The van der Waals surface area contributed by atoms with Crippen molar-refractivity contribution in [2.24, 2.45) is 4.99 Å². The Morgan fingerprint density at radius 1 is 1.12 bits per heavy atom. The Morgan fingerprint density at radius 2 is 1.67 bits per heavy atom. The van der Waals surface area contributed by atoms with Gasteiger partial charge < -0.3 is 19.9 Å². The normalized spacial score (nSPS) is 11.4. The minimum atomic E-state index is -0.532. The van der Waals surface area contributed by atoms with Crippen LogP contribution in [-0.2, 0) is 14.3 Å². The van der Waals surface area contributed by atoms with Crippen LogP contribution in [0.3, 0.4) is 0 Å². The molecular weight excluding hydrogens is 423 g/mol. The van der Waals surface area contributed by atoms with Gasteiger partial charge in [0.15, 0.2) is 5.96 Å². The number of aliphatic imine (C=N–C) groups is 1. The van der Waals surface area contributed by atoms with Gasteiger partial charge in [0.1, 0.15) is 12.1 Å². The van der Waals surface area contributed by atoms with Crippen molar-refractivity contribution in [3.05, 3.63) is 0 Å². The van der Waals surface area contributed by atoms with Gasteiger partial charge in [0, 0.05) is 26.7 Å². The van der Waals surface area contributed by atoms with E-state index in [1.165, 1.54) is 0 Å². The van der Waals surface area contributed by atoms with Gasteiger partial charge in [0.05, 0.1) is 6.54 Å². The zero-order valence-corrected chi connectivity index (χ0v) is 18.3. The number of carbonyl (C=O) groups is 2. The predicted octanol–water partition coefficient (Wildman–Crippen LogP) is 1.71. The minimum Gasteiger partial charge on any atom is -0.459 e. The van der Waals surface area contributed by atoms with E-state index in [0.29, 0.717) is 25.6 Å². The average Bonchev–Trinajstić information content (AvgIpc) is 2.42. The Labute approximate surface area is 163 Å². The molecule has 0 heterocycles. The highest BCUT2D eigenvalue weighted by atomic mass is 127. The summed E-state index contributed by atoms with van der Waals surface area (Å²) in [5, 5.41) is 3.08. The zero-order valence-electron chi connectivity index (χ0n) is 16.0. The number of guanidine groups is 1. The van der Waals surface area contributed by atoms with Crippen molar-refractivity contribution in [3.8, 4) is 0 Å². The fourth-order valence-corrected chi connectivity index (χ4v) is 1.94. The van der Waals surface area contributed by atoms with Gasteiger partial charge in [0.25, 0.3) is 0 Å². The maximum absolute atomic E-state index is 12.2. The lowest BCUT2D eigenvalue weighted by Gasteiger charge is -2.25. The highest BCUT2D eigenvalue weighted by Crippen LogP contribution is 2.06. The molecule has 0 radical (unpaired) electrons. The zero-order chi connectivity index (χ0) is 18.0. The van der Waals surface area contributed by atoms with Gasteiger partial charge in [-0.3, -0.25) is 9.59 Å². The van der Waals surface area contributed by atoms with Gasteiger partial charge in [-0.2, -0.15) is 0 Å². The van der Waals surface area contributed by atoms with E-state index in [4.69, 9.17) is 4.74 Å². The molecule has 142 valence electrons. The first-order chi connectivity index (χ1) is 10.6. The van der Waals surface area contributed by atoms with Crippen LogP contribution in [0.4, 0.5) is 0 Å². The lowest BCUT2D eigenvalue weighted by Crippen LogP contribution is -2.46. The van der Waals surface area contributed by atoms with Crippen molar-refractivity contribution in [2.75, 3.05) is 39.8 Å². The third-order valence-electron chi connectivity index (χ3n) is 2.96. The molecular formula is C16H33IN4O3. The van der Waals surface area contributed by atoms with Crippen molar-refractivity contribution >= 4 is 41.8 Å². The number of amides is 1. The molecule has 0 aliphatic heterocycles. The number of ether oxygens (including phenoxy) is 1. The van der Waals surface area contributed by atoms with Crippen LogP contribution in [0.15, 0.2) is 4.99 Å². The molecule has 0 aromatic rings. The van der Waals surface area contributed by atoms with E-state index in [9.17, 15) is 9.59 Å². The first-order valence-corrected chi connectivity index (χ1v) is 8.13. The number of hydrogen-bond acceptors (Lipinski definition) is 4. The Hall–Kier alpha value is -1.06. The molecule has 0 saturated heterocycles. The molecule has 1 amide bonds. The summed E-state index contributed by atoms with van der Waals surface area (Å²) in [5.41, 5.74) is -0.532.